The van der Waals surface area contributed by atoms with Crippen LogP contribution in [0.5, 0.6) is 5.75 Å². The number of benzene rings is 2. The third kappa shape index (κ3) is 6.48. The number of hydrogen-bond donors (Lipinski definition) is 1. The van der Waals surface area contributed by atoms with Crippen molar-refractivity contribution in [2.24, 2.45) is 0 Å². The van der Waals surface area contributed by atoms with Crippen LogP contribution in [-0.2, 0) is 16.4 Å². The molecular formula is C20H22Cl3NO4S. The van der Waals surface area contributed by atoms with Crippen molar-refractivity contribution in [3.63, 3.8) is 0 Å². The number of ether oxygens (including phenoxy) is 1. The SMILES string of the molecule is O=S1(=O)CCC(N(Cc2ccccc2Cl)CC(O)COc2ccc(Cl)cc2Cl)C1. The molecule has 0 spiro atoms. The van der Waals surface area contributed by atoms with Gasteiger partial charge in [-0.05, 0) is 36.2 Å². The molecule has 29 heavy (non-hydrogen) atoms. The van der Waals surface area contributed by atoms with Crippen molar-refractivity contribution in [3.8, 4) is 5.75 Å². The average Bonchev–Trinajstić information content (AvgIpc) is 3.02. The summed E-state index contributed by atoms with van der Waals surface area (Å²) in [5.41, 5.74) is 0.882. The van der Waals surface area contributed by atoms with Crippen LogP contribution in [0, 0.1) is 0 Å². The third-order valence-electron chi connectivity index (χ3n) is 4.83. The first-order chi connectivity index (χ1) is 13.7. The lowest BCUT2D eigenvalue weighted by molar-refractivity contribution is 0.0525. The quantitative estimate of drug-likeness (QED) is 0.619. The fourth-order valence-electron chi connectivity index (χ4n) is 3.35. The first-order valence-corrected chi connectivity index (χ1v) is 12.1. The molecule has 0 saturated carbocycles. The molecule has 5 nitrogen and oxygen atoms in total. The van der Waals surface area contributed by atoms with Gasteiger partial charge in [0.05, 0.1) is 16.5 Å². The molecule has 0 aliphatic carbocycles. The van der Waals surface area contributed by atoms with Crippen molar-refractivity contribution in [3.05, 3.63) is 63.1 Å². The molecule has 2 unspecified atom stereocenters. The smallest absolute Gasteiger partial charge is 0.151 e. The summed E-state index contributed by atoms with van der Waals surface area (Å²) in [4.78, 5) is 1.96. The van der Waals surface area contributed by atoms with Gasteiger partial charge in [0.2, 0.25) is 0 Å². The number of halogens is 3. The van der Waals surface area contributed by atoms with E-state index < -0.39 is 15.9 Å². The lowest BCUT2D eigenvalue weighted by Gasteiger charge is -2.30. The maximum absolute atomic E-state index is 12.0. The van der Waals surface area contributed by atoms with Gasteiger partial charge < -0.3 is 9.84 Å². The zero-order chi connectivity index (χ0) is 21.0. The third-order valence-corrected chi connectivity index (χ3v) is 7.48. The Bertz CT molecular complexity index is 954. The molecule has 0 bridgehead atoms. The number of sulfone groups is 1. The summed E-state index contributed by atoms with van der Waals surface area (Å²) in [6.07, 6.45) is -0.309. The van der Waals surface area contributed by atoms with Gasteiger partial charge in [-0.2, -0.15) is 0 Å². The van der Waals surface area contributed by atoms with Crippen molar-refractivity contribution in [2.45, 2.75) is 25.1 Å². The Morgan fingerprint density at radius 1 is 1.14 bits per heavy atom. The lowest BCUT2D eigenvalue weighted by atomic mass is 10.1. The van der Waals surface area contributed by atoms with Crippen LogP contribution >= 0.6 is 34.8 Å². The molecule has 1 heterocycles. The first kappa shape index (κ1) is 22.7. The van der Waals surface area contributed by atoms with E-state index in [1.54, 1.807) is 24.3 Å². The van der Waals surface area contributed by atoms with E-state index >= 15 is 0 Å². The zero-order valence-corrected chi connectivity index (χ0v) is 18.7. The predicted molar refractivity (Wildman–Crippen MR) is 117 cm³/mol. The first-order valence-electron chi connectivity index (χ1n) is 9.17. The molecular weight excluding hydrogens is 457 g/mol. The minimum Gasteiger partial charge on any atom is -0.489 e. The van der Waals surface area contributed by atoms with Gasteiger partial charge in [-0.1, -0.05) is 53.0 Å². The van der Waals surface area contributed by atoms with E-state index in [-0.39, 0.29) is 30.7 Å². The van der Waals surface area contributed by atoms with Gasteiger partial charge in [0.1, 0.15) is 18.5 Å². The van der Waals surface area contributed by atoms with E-state index in [9.17, 15) is 13.5 Å². The highest BCUT2D eigenvalue weighted by Crippen LogP contribution is 2.28. The van der Waals surface area contributed by atoms with Crippen LogP contribution in [0.15, 0.2) is 42.5 Å². The second-order valence-corrected chi connectivity index (χ2v) is 10.6. The summed E-state index contributed by atoms with van der Waals surface area (Å²) in [6.45, 7) is 0.703. The number of hydrogen-bond acceptors (Lipinski definition) is 5. The minimum atomic E-state index is -3.06. The highest BCUT2D eigenvalue weighted by Gasteiger charge is 2.33. The van der Waals surface area contributed by atoms with Crippen LogP contribution in [0.2, 0.25) is 15.1 Å². The number of rotatable bonds is 8. The Morgan fingerprint density at radius 3 is 2.55 bits per heavy atom. The largest absolute Gasteiger partial charge is 0.489 e. The van der Waals surface area contributed by atoms with E-state index in [2.05, 4.69) is 0 Å². The maximum atomic E-state index is 12.0. The van der Waals surface area contributed by atoms with E-state index in [0.29, 0.717) is 33.8 Å². The van der Waals surface area contributed by atoms with Crippen LogP contribution in [0.3, 0.4) is 0 Å². The fraction of sp³-hybridized carbons (Fsp3) is 0.400. The fourth-order valence-corrected chi connectivity index (χ4v) is 5.77. The molecule has 1 N–H and O–H groups in total. The van der Waals surface area contributed by atoms with Crippen LogP contribution in [0.4, 0.5) is 0 Å². The number of aliphatic hydroxyl groups excluding tert-OH is 1. The monoisotopic (exact) mass is 477 g/mol. The van der Waals surface area contributed by atoms with Crippen molar-refractivity contribution >= 4 is 44.6 Å². The minimum absolute atomic E-state index is 0.0137. The molecule has 0 amide bonds. The van der Waals surface area contributed by atoms with Gasteiger partial charge in [0, 0.05) is 29.2 Å². The summed E-state index contributed by atoms with van der Waals surface area (Å²) in [5.74, 6) is 0.661. The molecule has 0 radical (unpaired) electrons. The Balaban J connectivity index is 1.67. The topological polar surface area (TPSA) is 66.8 Å². The number of nitrogens with zero attached hydrogens (tertiary/aromatic N) is 1. The van der Waals surface area contributed by atoms with Gasteiger partial charge >= 0.3 is 0 Å². The van der Waals surface area contributed by atoms with Gasteiger partial charge in [-0.15, -0.1) is 0 Å². The molecule has 1 saturated heterocycles. The molecule has 1 aliphatic rings. The van der Waals surface area contributed by atoms with Gasteiger partial charge in [-0.3, -0.25) is 4.90 Å². The molecule has 3 rings (SSSR count). The van der Waals surface area contributed by atoms with Crippen LogP contribution in [0.1, 0.15) is 12.0 Å². The summed E-state index contributed by atoms with van der Waals surface area (Å²) in [6, 6.07) is 12.1. The summed E-state index contributed by atoms with van der Waals surface area (Å²) in [7, 11) is -3.06. The Labute approximate surface area is 186 Å². The van der Waals surface area contributed by atoms with Gasteiger partial charge in [0.15, 0.2) is 9.84 Å². The van der Waals surface area contributed by atoms with Crippen molar-refractivity contribution in [1.82, 2.24) is 4.90 Å². The van der Waals surface area contributed by atoms with Crippen LogP contribution in [0.25, 0.3) is 0 Å². The average molecular weight is 479 g/mol. The maximum Gasteiger partial charge on any atom is 0.151 e. The van der Waals surface area contributed by atoms with Crippen molar-refractivity contribution in [2.75, 3.05) is 24.7 Å². The van der Waals surface area contributed by atoms with E-state index in [1.807, 2.05) is 23.1 Å². The summed E-state index contributed by atoms with van der Waals surface area (Å²) < 4.78 is 29.5. The van der Waals surface area contributed by atoms with E-state index in [0.717, 1.165) is 5.56 Å². The molecule has 1 fully saturated rings. The van der Waals surface area contributed by atoms with E-state index in [4.69, 9.17) is 39.5 Å². The van der Waals surface area contributed by atoms with Crippen LogP contribution < -0.4 is 4.74 Å². The molecule has 0 aromatic heterocycles. The number of aliphatic hydroxyl groups is 1. The predicted octanol–water partition coefficient (Wildman–Crippen LogP) is 4.08. The van der Waals surface area contributed by atoms with Crippen LogP contribution in [-0.4, -0.2) is 55.2 Å². The zero-order valence-electron chi connectivity index (χ0n) is 15.6. The molecule has 2 atom stereocenters. The highest BCUT2D eigenvalue weighted by atomic mass is 35.5. The second kappa shape index (κ2) is 9.86. The molecule has 9 heteroatoms. The van der Waals surface area contributed by atoms with Gasteiger partial charge in [-0.25, -0.2) is 8.42 Å². The molecule has 2 aromatic rings. The van der Waals surface area contributed by atoms with Crippen molar-refractivity contribution < 1.29 is 18.3 Å². The summed E-state index contributed by atoms with van der Waals surface area (Å²) in [5, 5.41) is 12.0. The van der Waals surface area contributed by atoms with Gasteiger partial charge in [0.25, 0.3) is 0 Å². The van der Waals surface area contributed by atoms with Crippen molar-refractivity contribution in [1.29, 1.82) is 0 Å². The Hall–Kier alpha value is -1.02. The Morgan fingerprint density at radius 2 is 1.90 bits per heavy atom. The summed E-state index contributed by atoms with van der Waals surface area (Å²) >= 11 is 18.3. The Kier molecular flexibility index (Phi) is 7.70. The molecule has 2 aromatic carbocycles. The molecule has 1 aliphatic heterocycles. The molecule has 158 valence electrons. The normalized spacial score (nSPS) is 19.4. The highest BCUT2D eigenvalue weighted by molar-refractivity contribution is 7.91. The standard InChI is InChI=1S/C20H22Cl3NO4S/c21-15-5-6-20(19(23)9-15)28-12-17(25)11-24(16-7-8-29(26,27)13-16)10-14-3-1-2-4-18(14)22/h1-6,9,16-17,25H,7-8,10-13H2. The lowest BCUT2D eigenvalue weighted by Crippen LogP contribution is -2.42. The second-order valence-electron chi connectivity index (χ2n) is 7.12. The van der Waals surface area contributed by atoms with E-state index in [1.165, 1.54) is 0 Å².